The summed E-state index contributed by atoms with van der Waals surface area (Å²) in [7, 11) is 0. The third kappa shape index (κ3) is 6.12. The molecule has 0 amide bonds. The first kappa shape index (κ1) is 22.8. The van der Waals surface area contributed by atoms with Gasteiger partial charge in [-0.1, -0.05) is 97.1 Å². The zero-order chi connectivity index (χ0) is 23.0. The van der Waals surface area contributed by atoms with E-state index in [0.717, 1.165) is 26.1 Å². The molecule has 0 aliphatic carbocycles. The van der Waals surface area contributed by atoms with Crippen LogP contribution in [0.5, 0.6) is 0 Å². The number of likely N-dealkylation sites (tertiary alicyclic amines) is 1. The van der Waals surface area contributed by atoms with Crippen molar-refractivity contribution in [1.29, 1.82) is 0 Å². The maximum Gasteiger partial charge on any atom is 0.0721 e. The quantitative estimate of drug-likeness (QED) is 0.291. The van der Waals surface area contributed by atoms with Crippen molar-refractivity contribution in [3.63, 3.8) is 0 Å². The topological polar surface area (TPSA) is 21.7 Å². The van der Waals surface area contributed by atoms with Gasteiger partial charge in [0, 0.05) is 25.6 Å². The Bertz CT molecular complexity index is 1160. The molecule has 2 atom stereocenters. The van der Waals surface area contributed by atoms with E-state index >= 15 is 0 Å². The standard InChI is InChI=1S/C31H33NO2/c1-3-9-25(10-4-1)20-32-18-17-31(30(21-32)24-33-22-26-11-5-2-6-12-26)34-23-27-15-16-28-13-7-8-14-29(28)19-27/h1-16,19,30-31H,17-18,20-24H2/t30-,31+/m1/s1. The van der Waals surface area contributed by atoms with Crippen LogP contribution in [0, 0.1) is 5.92 Å². The smallest absolute Gasteiger partial charge is 0.0721 e. The van der Waals surface area contributed by atoms with E-state index in [-0.39, 0.29) is 6.10 Å². The first-order valence-electron chi connectivity index (χ1n) is 12.3. The highest BCUT2D eigenvalue weighted by molar-refractivity contribution is 5.82. The molecule has 3 nitrogen and oxygen atoms in total. The molecular formula is C31H33NO2. The number of benzene rings is 4. The van der Waals surface area contributed by atoms with E-state index in [4.69, 9.17) is 9.47 Å². The SMILES string of the molecule is c1ccc(COC[C@H]2CN(Cc3ccccc3)CC[C@@H]2OCc2ccc3ccccc3c2)cc1. The number of hydrogen-bond donors (Lipinski definition) is 0. The fourth-order valence-corrected chi connectivity index (χ4v) is 4.88. The van der Waals surface area contributed by atoms with Crippen molar-refractivity contribution in [2.75, 3.05) is 19.7 Å². The number of rotatable bonds is 9. The van der Waals surface area contributed by atoms with Crippen LogP contribution in [0.4, 0.5) is 0 Å². The molecule has 1 heterocycles. The molecule has 4 aromatic carbocycles. The van der Waals surface area contributed by atoms with Crippen molar-refractivity contribution in [2.24, 2.45) is 5.92 Å². The fourth-order valence-electron chi connectivity index (χ4n) is 4.88. The molecule has 1 aliphatic heterocycles. The molecule has 1 saturated heterocycles. The maximum atomic E-state index is 6.53. The van der Waals surface area contributed by atoms with Gasteiger partial charge in [-0.3, -0.25) is 4.90 Å². The average molecular weight is 452 g/mol. The minimum Gasteiger partial charge on any atom is -0.376 e. The second-order valence-electron chi connectivity index (χ2n) is 9.30. The van der Waals surface area contributed by atoms with Gasteiger partial charge in [0.2, 0.25) is 0 Å². The summed E-state index contributed by atoms with van der Waals surface area (Å²) in [5, 5.41) is 2.54. The van der Waals surface area contributed by atoms with Gasteiger partial charge in [-0.2, -0.15) is 0 Å². The van der Waals surface area contributed by atoms with Crippen LogP contribution >= 0.6 is 0 Å². The van der Waals surface area contributed by atoms with Gasteiger partial charge in [-0.15, -0.1) is 0 Å². The molecule has 4 aromatic rings. The molecule has 0 saturated carbocycles. The normalized spacial score (nSPS) is 18.8. The third-order valence-corrected chi connectivity index (χ3v) is 6.72. The predicted molar refractivity (Wildman–Crippen MR) is 138 cm³/mol. The lowest BCUT2D eigenvalue weighted by molar-refractivity contribution is -0.0724. The Morgan fingerprint density at radius 1 is 0.676 bits per heavy atom. The number of fused-ring (bicyclic) bond motifs is 1. The van der Waals surface area contributed by atoms with Gasteiger partial charge >= 0.3 is 0 Å². The molecule has 0 unspecified atom stereocenters. The van der Waals surface area contributed by atoms with Crippen LogP contribution in [0.25, 0.3) is 10.8 Å². The Morgan fingerprint density at radius 3 is 2.18 bits per heavy atom. The minimum atomic E-state index is 0.203. The fraction of sp³-hybridized carbons (Fsp3) is 0.290. The minimum absolute atomic E-state index is 0.203. The summed E-state index contributed by atoms with van der Waals surface area (Å²) in [6, 6.07) is 36.3. The van der Waals surface area contributed by atoms with Gasteiger partial charge in [0.05, 0.1) is 25.9 Å². The van der Waals surface area contributed by atoms with Gasteiger partial charge in [0.25, 0.3) is 0 Å². The van der Waals surface area contributed by atoms with Crippen LogP contribution in [-0.2, 0) is 29.2 Å². The Balaban J connectivity index is 1.22. The van der Waals surface area contributed by atoms with Crippen molar-refractivity contribution in [2.45, 2.75) is 32.3 Å². The summed E-state index contributed by atoms with van der Waals surface area (Å²) in [6.07, 6.45) is 1.23. The zero-order valence-electron chi connectivity index (χ0n) is 19.7. The maximum absolute atomic E-state index is 6.53. The van der Waals surface area contributed by atoms with E-state index in [1.165, 1.54) is 27.5 Å². The lowest BCUT2D eigenvalue weighted by Crippen LogP contribution is -2.45. The van der Waals surface area contributed by atoms with Gasteiger partial charge in [-0.05, 0) is 39.9 Å². The van der Waals surface area contributed by atoms with Crippen LogP contribution in [0.1, 0.15) is 23.1 Å². The average Bonchev–Trinajstić information content (AvgIpc) is 2.89. The molecule has 0 radical (unpaired) electrons. The summed E-state index contributed by atoms with van der Waals surface area (Å²) in [4.78, 5) is 2.54. The summed E-state index contributed by atoms with van der Waals surface area (Å²) in [6.45, 7) is 5.02. The van der Waals surface area contributed by atoms with Crippen LogP contribution in [0.2, 0.25) is 0 Å². The number of hydrogen-bond acceptors (Lipinski definition) is 3. The largest absolute Gasteiger partial charge is 0.376 e. The molecule has 174 valence electrons. The van der Waals surface area contributed by atoms with Crippen molar-refractivity contribution >= 4 is 10.8 Å². The van der Waals surface area contributed by atoms with Crippen molar-refractivity contribution in [3.05, 3.63) is 120 Å². The molecule has 3 heteroatoms. The molecule has 0 bridgehead atoms. The molecule has 0 aromatic heterocycles. The van der Waals surface area contributed by atoms with Crippen LogP contribution < -0.4 is 0 Å². The van der Waals surface area contributed by atoms with E-state index in [2.05, 4.69) is 102 Å². The molecule has 0 N–H and O–H groups in total. The van der Waals surface area contributed by atoms with Gasteiger partial charge in [-0.25, -0.2) is 0 Å². The summed E-state index contributed by atoms with van der Waals surface area (Å²) >= 11 is 0. The lowest BCUT2D eigenvalue weighted by atomic mass is 9.94. The second-order valence-corrected chi connectivity index (χ2v) is 9.30. The monoisotopic (exact) mass is 451 g/mol. The van der Waals surface area contributed by atoms with E-state index < -0.39 is 0 Å². The molecule has 5 rings (SSSR count). The molecule has 1 fully saturated rings. The molecule has 0 spiro atoms. The Labute approximate surface area is 202 Å². The van der Waals surface area contributed by atoms with Crippen molar-refractivity contribution < 1.29 is 9.47 Å². The molecular weight excluding hydrogens is 418 g/mol. The summed E-state index contributed by atoms with van der Waals surface area (Å²) in [5.74, 6) is 0.349. The summed E-state index contributed by atoms with van der Waals surface area (Å²) in [5.41, 5.74) is 3.81. The van der Waals surface area contributed by atoms with Crippen LogP contribution in [0.15, 0.2) is 103 Å². The summed E-state index contributed by atoms with van der Waals surface area (Å²) < 4.78 is 12.7. The number of ether oxygens (including phenoxy) is 2. The Hall–Kier alpha value is -2.98. The molecule has 34 heavy (non-hydrogen) atoms. The van der Waals surface area contributed by atoms with Gasteiger partial charge in [0.1, 0.15) is 0 Å². The first-order valence-corrected chi connectivity index (χ1v) is 12.3. The number of piperidine rings is 1. The van der Waals surface area contributed by atoms with Crippen molar-refractivity contribution in [1.82, 2.24) is 4.90 Å². The van der Waals surface area contributed by atoms with Gasteiger partial charge < -0.3 is 9.47 Å². The Morgan fingerprint density at radius 2 is 1.38 bits per heavy atom. The van der Waals surface area contributed by atoms with Crippen LogP contribution in [-0.4, -0.2) is 30.7 Å². The lowest BCUT2D eigenvalue weighted by Gasteiger charge is -2.38. The highest BCUT2D eigenvalue weighted by Crippen LogP contribution is 2.25. The van der Waals surface area contributed by atoms with E-state index in [0.29, 0.717) is 25.7 Å². The highest BCUT2D eigenvalue weighted by Gasteiger charge is 2.30. The third-order valence-electron chi connectivity index (χ3n) is 6.72. The second kappa shape index (κ2) is 11.4. The van der Waals surface area contributed by atoms with Gasteiger partial charge in [0.15, 0.2) is 0 Å². The highest BCUT2D eigenvalue weighted by atomic mass is 16.5. The van der Waals surface area contributed by atoms with E-state index in [9.17, 15) is 0 Å². The van der Waals surface area contributed by atoms with E-state index in [1.54, 1.807) is 0 Å². The van der Waals surface area contributed by atoms with E-state index in [1.807, 2.05) is 6.07 Å². The predicted octanol–water partition coefficient (Wildman–Crippen LogP) is 6.46. The first-order chi connectivity index (χ1) is 16.8. The molecule has 1 aliphatic rings. The number of nitrogens with zero attached hydrogens (tertiary/aromatic N) is 1. The van der Waals surface area contributed by atoms with Crippen molar-refractivity contribution in [3.8, 4) is 0 Å². The van der Waals surface area contributed by atoms with Crippen LogP contribution in [0.3, 0.4) is 0 Å². The Kier molecular flexibility index (Phi) is 7.67. The zero-order valence-corrected chi connectivity index (χ0v) is 19.7.